The molecule has 3 nitrogen and oxygen atoms in total. The minimum atomic E-state index is -2.56. The van der Waals surface area contributed by atoms with Gasteiger partial charge in [0, 0.05) is 24.3 Å². The van der Waals surface area contributed by atoms with Crippen molar-refractivity contribution < 1.29 is 13.2 Å². The van der Waals surface area contributed by atoms with Gasteiger partial charge in [-0.25, -0.2) is 8.78 Å². The highest BCUT2D eigenvalue weighted by atomic mass is 28.4. The van der Waals surface area contributed by atoms with Gasteiger partial charge in [0.15, 0.2) is 0 Å². The van der Waals surface area contributed by atoms with E-state index in [0.29, 0.717) is 13.0 Å². The maximum Gasteiger partial charge on any atom is 0.260 e. The Bertz CT molecular complexity index is 830. The Morgan fingerprint density at radius 1 is 1.00 bits per heavy atom. The molecule has 0 amide bonds. The number of halogens is 2. The molecule has 6 heteroatoms. The monoisotopic (exact) mass is 432 g/mol. The predicted octanol–water partition coefficient (Wildman–Crippen LogP) is 7.05. The first-order chi connectivity index (χ1) is 13.9. The van der Waals surface area contributed by atoms with Gasteiger partial charge in [0.1, 0.15) is 5.75 Å². The number of piperidine rings is 1. The Kier molecular flexibility index (Phi) is 6.58. The van der Waals surface area contributed by atoms with Crippen molar-refractivity contribution in [3.05, 3.63) is 54.1 Å². The molecule has 2 aromatic rings. The van der Waals surface area contributed by atoms with Gasteiger partial charge in [-0.05, 0) is 73.1 Å². The van der Waals surface area contributed by atoms with Crippen LogP contribution in [0.3, 0.4) is 0 Å². The molecule has 1 saturated heterocycles. The number of rotatable bonds is 6. The van der Waals surface area contributed by atoms with Crippen LogP contribution in [0.1, 0.15) is 39.2 Å². The van der Waals surface area contributed by atoms with Gasteiger partial charge in [-0.1, -0.05) is 32.9 Å². The Balaban J connectivity index is 1.56. The first-order valence-electron chi connectivity index (χ1n) is 10.7. The average Bonchev–Trinajstić information content (AvgIpc) is 2.63. The lowest BCUT2D eigenvalue weighted by atomic mass is 10.1. The normalized spacial score (nSPS) is 17.6. The van der Waals surface area contributed by atoms with E-state index in [2.05, 4.69) is 39.2 Å². The average molecular weight is 433 g/mol. The van der Waals surface area contributed by atoms with Crippen LogP contribution in [-0.2, 0) is 6.54 Å². The van der Waals surface area contributed by atoms with E-state index >= 15 is 0 Å². The summed E-state index contributed by atoms with van der Waals surface area (Å²) in [6.07, 6.45) is 0.563. The highest BCUT2D eigenvalue weighted by molar-refractivity contribution is 6.74. The summed E-state index contributed by atoms with van der Waals surface area (Å²) in [5.74, 6) is -1.65. The molecule has 0 aliphatic carbocycles. The lowest BCUT2D eigenvalue weighted by Crippen LogP contribution is -2.43. The van der Waals surface area contributed by atoms with Gasteiger partial charge in [0.2, 0.25) is 8.32 Å². The molecule has 1 fully saturated rings. The van der Waals surface area contributed by atoms with E-state index in [1.807, 2.05) is 53.4 Å². The largest absolute Gasteiger partial charge is 0.544 e. The first-order valence-corrected chi connectivity index (χ1v) is 13.6. The molecule has 0 bridgehead atoms. The fourth-order valence-corrected chi connectivity index (χ4v) is 4.39. The topological polar surface area (TPSA) is 24.5 Å². The molecule has 1 aliphatic rings. The quantitative estimate of drug-likeness (QED) is 0.495. The van der Waals surface area contributed by atoms with Gasteiger partial charge in [-0.3, -0.25) is 4.90 Å². The highest BCUT2D eigenvalue weighted by Gasteiger charge is 2.39. The van der Waals surface area contributed by atoms with Crippen molar-refractivity contribution in [3.63, 3.8) is 0 Å². The van der Waals surface area contributed by atoms with Crippen molar-refractivity contribution in [2.75, 3.05) is 18.4 Å². The smallest absolute Gasteiger partial charge is 0.260 e. The number of benzene rings is 2. The third-order valence-corrected chi connectivity index (χ3v) is 10.5. The van der Waals surface area contributed by atoms with Gasteiger partial charge < -0.3 is 9.74 Å². The summed E-state index contributed by atoms with van der Waals surface area (Å²) in [5.41, 5.74) is 3.01. The van der Waals surface area contributed by atoms with Crippen LogP contribution in [0.5, 0.6) is 5.75 Å². The molecule has 0 saturated carbocycles. The molecule has 0 atom stereocenters. The summed E-state index contributed by atoms with van der Waals surface area (Å²) in [6, 6.07) is 16.1. The molecule has 0 spiro atoms. The van der Waals surface area contributed by atoms with Crippen molar-refractivity contribution >= 4 is 19.7 Å². The first kappa shape index (κ1) is 22.8. The number of alkyl halides is 2. The Labute approximate surface area is 180 Å². The third kappa shape index (κ3) is 6.05. The van der Waals surface area contributed by atoms with E-state index in [1.165, 1.54) is 0 Å². The molecule has 1 heterocycles. The van der Waals surface area contributed by atoms with Gasteiger partial charge in [-0.15, -0.1) is 0 Å². The standard InChI is InChI=1S/C24H34F2N2OSi/c1-23(2,3)30(4,5)29-22-13-11-21(12-14-22)27-20-9-7-19(8-10-20)17-28-16-6-15-24(25,26)18-28/h7-14,27H,6,15-18H2,1-5H3. The van der Waals surface area contributed by atoms with E-state index < -0.39 is 14.2 Å². The maximum absolute atomic E-state index is 13.6. The predicted molar refractivity (Wildman–Crippen MR) is 123 cm³/mol. The Morgan fingerprint density at radius 3 is 2.10 bits per heavy atom. The summed E-state index contributed by atoms with van der Waals surface area (Å²) in [6.45, 7) is 12.3. The van der Waals surface area contributed by atoms with Crippen molar-refractivity contribution in [1.82, 2.24) is 4.90 Å². The van der Waals surface area contributed by atoms with Crippen LogP contribution < -0.4 is 9.74 Å². The zero-order chi connectivity index (χ0) is 22.0. The van der Waals surface area contributed by atoms with Crippen LogP contribution in [0.15, 0.2) is 48.5 Å². The summed E-state index contributed by atoms with van der Waals surface area (Å²) >= 11 is 0. The zero-order valence-electron chi connectivity index (χ0n) is 18.8. The van der Waals surface area contributed by atoms with Gasteiger partial charge >= 0.3 is 0 Å². The molecule has 30 heavy (non-hydrogen) atoms. The van der Waals surface area contributed by atoms with Crippen molar-refractivity contribution in [3.8, 4) is 5.75 Å². The third-order valence-electron chi connectivity index (χ3n) is 6.15. The van der Waals surface area contributed by atoms with E-state index in [-0.39, 0.29) is 18.0 Å². The zero-order valence-corrected chi connectivity index (χ0v) is 19.8. The number of anilines is 2. The fraction of sp³-hybridized carbons (Fsp3) is 0.500. The summed E-state index contributed by atoms with van der Waals surface area (Å²) in [5, 5.41) is 3.55. The summed E-state index contributed by atoms with van der Waals surface area (Å²) < 4.78 is 33.5. The molecule has 164 valence electrons. The molecule has 3 rings (SSSR count). The molecule has 1 aliphatic heterocycles. The van der Waals surface area contributed by atoms with Crippen molar-refractivity contribution in [2.24, 2.45) is 0 Å². The SMILES string of the molecule is CC(C)(C)[Si](C)(C)Oc1ccc(Nc2ccc(CN3CCCC(F)(F)C3)cc2)cc1. The molecule has 2 aromatic carbocycles. The Morgan fingerprint density at radius 2 is 1.57 bits per heavy atom. The van der Waals surface area contributed by atoms with Crippen LogP contribution in [0, 0.1) is 0 Å². The van der Waals surface area contributed by atoms with Crippen molar-refractivity contribution in [1.29, 1.82) is 0 Å². The summed E-state index contributed by atoms with van der Waals surface area (Å²) in [4.78, 5) is 1.84. The molecular weight excluding hydrogens is 398 g/mol. The maximum atomic E-state index is 13.6. The van der Waals surface area contributed by atoms with Crippen LogP contribution in [-0.4, -0.2) is 32.2 Å². The van der Waals surface area contributed by atoms with E-state index in [4.69, 9.17) is 4.43 Å². The fourth-order valence-electron chi connectivity index (χ4n) is 3.35. The number of hydrogen-bond donors (Lipinski definition) is 1. The number of nitrogens with one attached hydrogen (secondary N) is 1. The molecule has 0 aromatic heterocycles. The van der Waals surface area contributed by atoms with Gasteiger partial charge in [-0.2, -0.15) is 0 Å². The molecular formula is C24H34F2N2OSi. The number of hydrogen-bond acceptors (Lipinski definition) is 3. The van der Waals surface area contributed by atoms with E-state index in [1.54, 1.807) is 0 Å². The second-order valence-corrected chi connectivity index (χ2v) is 14.6. The van der Waals surface area contributed by atoms with E-state index in [9.17, 15) is 8.78 Å². The minimum Gasteiger partial charge on any atom is -0.544 e. The van der Waals surface area contributed by atoms with Crippen LogP contribution >= 0.6 is 0 Å². The van der Waals surface area contributed by atoms with Gasteiger partial charge in [0.25, 0.3) is 5.92 Å². The second kappa shape index (κ2) is 8.67. The highest BCUT2D eigenvalue weighted by Crippen LogP contribution is 2.37. The summed E-state index contributed by atoms with van der Waals surface area (Å²) in [7, 11) is -1.84. The van der Waals surface area contributed by atoms with Crippen LogP contribution in [0.25, 0.3) is 0 Å². The van der Waals surface area contributed by atoms with Crippen LogP contribution in [0.2, 0.25) is 18.1 Å². The van der Waals surface area contributed by atoms with Crippen molar-refractivity contribution in [2.45, 2.75) is 64.2 Å². The second-order valence-electron chi connectivity index (χ2n) is 9.88. The molecule has 1 N–H and O–H groups in total. The lowest BCUT2D eigenvalue weighted by Gasteiger charge is -2.36. The number of likely N-dealkylation sites (tertiary alicyclic amines) is 1. The Hall–Kier alpha value is -1.92. The van der Waals surface area contributed by atoms with E-state index in [0.717, 1.165) is 29.2 Å². The molecule has 0 unspecified atom stereocenters. The lowest BCUT2D eigenvalue weighted by molar-refractivity contribution is -0.0661. The number of nitrogens with zero attached hydrogens (tertiary/aromatic N) is 1. The minimum absolute atomic E-state index is 0.00603. The molecule has 0 radical (unpaired) electrons. The van der Waals surface area contributed by atoms with Gasteiger partial charge in [0.05, 0.1) is 6.54 Å². The van der Waals surface area contributed by atoms with Crippen LogP contribution in [0.4, 0.5) is 20.2 Å².